The molecule has 0 bridgehead atoms. The molecule has 14 heavy (non-hydrogen) atoms. The van der Waals surface area contributed by atoms with Crippen LogP contribution in [0.15, 0.2) is 24.3 Å². The molecule has 0 radical (unpaired) electrons. The Labute approximate surface area is 84.2 Å². The summed E-state index contributed by atoms with van der Waals surface area (Å²) in [5, 5.41) is 0. The van der Waals surface area contributed by atoms with Gasteiger partial charge in [0.15, 0.2) is 11.6 Å². The standard InChI is InChI=1S/C12H15FO/c1-3-4-5-7-10-8-6-9-11(14-2)12(10)13/h5-9H,3-4H2,1-2H3/b7-5+. The van der Waals surface area contributed by atoms with Crippen LogP contribution in [0.25, 0.3) is 6.08 Å². The number of hydrogen-bond acceptors (Lipinski definition) is 1. The lowest BCUT2D eigenvalue weighted by Gasteiger charge is -2.03. The van der Waals surface area contributed by atoms with Crippen molar-refractivity contribution in [3.05, 3.63) is 35.7 Å². The highest BCUT2D eigenvalue weighted by Crippen LogP contribution is 2.20. The summed E-state index contributed by atoms with van der Waals surface area (Å²) in [5.74, 6) is 0.00556. The SMILES string of the molecule is CCC/C=C/c1cccc(OC)c1F. The summed E-state index contributed by atoms with van der Waals surface area (Å²) < 4.78 is 18.4. The molecule has 0 saturated carbocycles. The molecule has 0 saturated heterocycles. The van der Waals surface area contributed by atoms with E-state index in [1.54, 1.807) is 24.3 Å². The van der Waals surface area contributed by atoms with E-state index in [9.17, 15) is 4.39 Å². The van der Waals surface area contributed by atoms with Crippen molar-refractivity contribution in [2.75, 3.05) is 7.11 Å². The summed E-state index contributed by atoms with van der Waals surface area (Å²) in [6.45, 7) is 2.09. The van der Waals surface area contributed by atoms with Gasteiger partial charge >= 0.3 is 0 Å². The van der Waals surface area contributed by atoms with Crippen LogP contribution in [0.5, 0.6) is 5.75 Å². The van der Waals surface area contributed by atoms with E-state index >= 15 is 0 Å². The maximum Gasteiger partial charge on any atom is 0.172 e. The minimum atomic E-state index is -0.289. The van der Waals surface area contributed by atoms with Crippen LogP contribution in [0.3, 0.4) is 0 Å². The molecule has 0 N–H and O–H groups in total. The third kappa shape index (κ3) is 2.59. The Morgan fingerprint density at radius 1 is 1.43 bits per heavy atom. The van der Waals surface area contributed by atoms with Crippen LogP contribution in [-0.2, 0) is 0 Å². The lowest BCUT2D eigenvalue weighted by atomic mass is 10.1. The molecule has 0 aliphatic carbocycles. The molecule has 1 aromatic rings. The summed E-state index contributed by atoms with van der Waals surface area (Å²) in [6, 6.07) is 5.14. The third-order valence-corrected chi connectivity index (χ3v) is 1.97. The van der Waals surface area contributed by atoms with Gasteiger partial charge in [0.05, 0.1) is 7.11 Å². The van der Waals surface area contributed by atoms with Crippen molar-refractivity contribution in [3.63, 3.8) is 0 Å². The van der Waals surface area contributed by atoms with Gasteiger partial charge in [-0.15, -0.1) is 0 Å². The quantitative estimate of drug-likeness (QED) is 0.711. The van der Waals surface area contributed by atoms with Gasteiger partial charge in [-0.25, -0.2) is 4.39 Å². The van der Waals surface area contributed by atoms with Gasteiger partial charge in [-0.1, -0.05) is 37.6 Å². The molecule has 0 aliphatic rings. The van der Waals surface area contributed by atoms with Crippen LogP contribution in [0, 0.1) is 5.82 Å². The Hall–Kier alpha value is -1.31. The smallest absolute Gasteiger partial charge is 0.172 e. The summed E-state index contributed by atoms with van der Waals surface area (Å²) in [4.78, 5) is 0. The average Bonchev–Trinajstić information content (AvgIpc) is 2.21. The summed E-state index contributed by atoms with van der Waals surface area (Å²) in [6.07, 6.45) is 5.80. The molecular weight excluding hydrogens is 179 g/mol. The molecule has 0 atom stereocenters. The first-order valence-electron chi connectivity index (χ1n) is 4.78. The molecule has 2 heteroatoms. The van der Waals surface area contributed by atoms with Crippen LogP contribution < -0.4 is 4.74 Å². The minimum absolute atomic E-state index is 0.289. The van der Waals surface area contributed by atoms with Crippen molar-refractivity contribution < 1.29 is 9.13 Å². The fourth-order valence-corrected chi connectivity index (χ4v) is 1.19. The van der Waals surface area contributed by atoms with E-state index in [2.05, 4.69) is 6.92 Å². The van der Waals surface area contributed by atoms with Crippen molar-refractivity contribution in [1.29, 1.82) is 0 Å². The van der Waals surface area contributed by atoms with Crippen LogP contribution in [0.4, 0.5) is 4.39 Å². The number of methoxy groups -OCH3 is 1. The molecule has 0 amide bonds. The van der Waals surface area contributed by atoms with Crippen molar-refractivity contribution in [2.45, 2.75) is 19.8 Å². The van der Waals surface area contributed by atoms with Gasteiger partial charge in [0, 0.05) is 5.56 Å². The summed E-state index contributed by atoms with van der Waals surface area (Å²) >= 11 is 0. The zero-order chi connectivity index (χ0) is 10.4. The van der Waals surface area contributed by atoms with E-state index < -0.39 is 0 Å². The molecule has 0 fully saturated rings. The second kappa shape index (κ2) is 5.43. The number of unbranched alkanes of at least 4 members (excludes halogenated alkanes) is 1. The molecule has 1 aromatic carbocycles. The van der Waals surface area contributed by atoms with E-state index in [0.717, 1.165) is 12.8 Å². The van der Waals surface area contributed by atoms with E-state index in [1.165, 1.54) is 7.11 Å². The maximum absolute atomic E-state index is 13.5. The van der Waals surface area contributed by atoms with Crippen molar-refractivity contribution in [2.24, 2.45) is 0 Å². The summed E-state index contributed by atoms with van der Waals surface area (Å²) in [7, 11) is 1.47. The van der Waals surface area contributed by atoms with Gasteiger partial charge < -0.3 is 4.74 Å². The zero-order valence-electron chi connectivity index (χ0n) is 8.59. The Kier molecular flexibility index (Phi) is 4.17. The molecule has 1 rings (SSSR count). The highest BCUT2D eigenvalue weighted by Gasteiger charge is 2.04. The second-order valence-corrected chi connectivity index (χ2v) is 3.05. The lowest BCUT2D eigenvalue weighted by Crippen LogP contribution is -1.89. The van der Waals surface area contributed by atoms with E-state index in [-0.39, 0.29) is 5.82 Å². The molecule has 0 heterocycles. The predicted molar refractivity (Wildman–Crippen MR) is 56.9 cm³/mol. The van der Waals surface area contributed by atoms with Gasteiger partial charge in [0.2, 0.25) is 0 Å². The number of hydrogen-bond donors (Lipinski definition) is 0. The van der Waals surface area contributed by atoms with E-state index in [1.807, 2.05) is 6.08 Å². The van der Waals surface area contributed by atoms with Crippen molar-refractivity contribution in [3.8, 4) is 5.75 Å². The highest BCUT2D eigenvalue weighted by molar-refractivity contribution is 5.52. The molecule has 76 valence electrons. The Bertz CT molecular complexity index is 318. The van der Waals surface area contributed by atoms with Crippen molar-refractivity contribution >= 4 is 6.08 Å². The number of ether oxygens (including phenoxy) is 1. The summed E-state index contributed by atoms with van der Waals surface area (Å²) in [5.41, 5.74) is 0.581. The van der Waals surface area contributed by atoms with E-state index in [4.69, 9.17) is 4.74 Å². The molecule has 0 spiro atoms. The third-order valence-electron chi connectivity index (χ3n) is 1.97. The highest BCUT2D eigenvalue weighted by atomic mass is 19.1. The molecule has 0 aliphatic heterocycles. The fraction of sp³-hybridized carbons (Fsp3) is 0.333. The predicted octanol–water partition coefficient (Wildman–Crippen LogP) is 3.65. The first-order chi connectivity index (χ1) is 6.79. The Morgan fingerprint density at radius 3 is 2.86 bits per heavy atom. The van der Waals surface area contributed by atoms with Crippen molar-refractivity contribution in [1.82, 2.24) is 0 Å². The fourth-order valence-electron chi connectivity index (χ4n) is 1.19. The Balaban J connectivity index is 2.86. The van der Waals surface area contributed by atoms with Gasteiger partial charge in [-0.2, -0.15) is 0 Å². The minimum Gasteiger partial charge on any atom is -0.494 e. The topological polar surface area (TPSA) is 9.23 Å². The molecule has 0 unspecified atom stereocenters. The van der Waals surface area contributed by atoms with Crippen LogP contribution in [0.2, 0.25) is 0 Å². The zero-order valence-corrected chi connectivity index (χ0v) is 8.59. The molecule has 0 aromatic heterocycles. The van der Waals surface area contributed by atoms with Crippen LogP contribution in [-0.4, -0.2) is 7.11 Å². The maximum atomic E-state index is 13.5. The van der Waals surface area contributed by atoms with Crippen LogP contribution in [0.1, 0.15) is 25.3 Å². The average molecular weight is 194 g/mol. The second-order valence-electron chi connectivity index (χ2n) is 3.05. The van der Waals surface area contributed by atoms with Crippen LogP contribution >= 0.6 is 0 Å². The van der Waals surface area contributed by atoms with Gasteiger partial charge in [0.1, 0.15) is 0 Å². The normalized spacial score (nSPS) is 10.8. The Morgan fingerprint density at radius 2 is 2.21 bits per heavy atom. The monoisotopic (exact) mass is 194 g/mol. The van der Waals surface area contributed by atoms with E-state index in [0.29, 0.717) is 11.3 Å². The molecular formula is C12H15FO. The number of rotatable bonds is 4. The largest absolute Gasteiger partial charge is 0.494 e. The first-order valence-corrected chi connectivity index (χ1v) is 4.78. The van der Waals surface area contributed by atoms with Gasteiger partial charge in [-0.05, 0) is 12.5 Å². The number of allylic oxidation sites excluding steroid dienone is 1. The first kappa shape index (κ1) is 10.8. The number of benzene rings is 1. The lowest BCUT2D eigenvalue weighted by molar-refractivity contribution is 0.386. The van der Waals surface area contributed by atoms with Gasteiger partial charge in [-0.3, -0.25) is 0 Å². The van der Waals surface area contributed by atoms with Gasteiger partial charge in [0.25, 0.3) is 0 Å². The number of halogens is 1. The molecule has 1 nitrogen and oxygen atoms in total.